The lowest BCUT2D eigenvalue weighted by Gasteiger charge is -2.07. The summed E-state index contributed by atoms with van der Waals surface area (Å²) < 4.78 is 0. The molecule has 5 nitrogen and oxygen atoms in total. The maximum atomic E-state index is 12.1. The molecule has 0 aliphatic rings. The molecule has 0 spiro atoms. The van der Waals surface area contributed by atoms with Crippen molar-refractivity contribution in [2.75, 3.05) is 17.2 Å². The molecule has 1 aromatic heterocycles. The van der Waals surface area contributed by atoms with Gasteiger partial charge in [0.15, 0.2) is 5.69 Å². The van der Waals surface area contributed by atoms with Gasteiger partial charge in [0.05, 0.1) is 10.7 Å². The Kier molecular flexibility index (Phi) is 5.36. The first kappa shape index (κ1) is 15.5. The molecule has 7 heteroatoms. The van der Waals surface area contributed by atoms with Gasteiger partial charge in [-0.3, -0.25) is 4.79 Å². The molecule has 1 amide bonds. The van der Waals surface area contributed by atoms with E-state index < -0.39 is 5.91 Å². The van der Waals surface area contributed by atoms with E-state index in [9.17, 15) is 4.79 Å². The molecule has 21 heavy (non-hydrogen) atoms. The van der Waals surface area contributed by atoms with E-state index in [1.165, 1.54) is 0 Å². The number of nitrogens with one attached hydrogen (secondary N) is 2. The summed E-state index contributed by atoms with van der Waals surface area (Å²) in [6.45, 7) is 2.86. The van der Waals surface area contributed by atoms with Gasteiger partial charge in [-0.1, -0.05) is 30.1 Å². The minimum atomic E-state index is -0.395. The van der Waals surface area contributed by atoms with Crippen molar-refractivity contribution in [2.24, 2.45) is 0 Å². The van der Waals surface area contributed by atoms with Gasteiger partial charge < -0.3 is 10.6 Å². The second-order valence-corrected chi connectivity index (χ2v) is 5.15. The first-order valence-electron chi connectivity index (χ1n) is 6.44. The molecular weight excluding hydrogens is 311 g/mol. The van der Waals surface area contributed by atoms with E-state index in [0.29, 0.717) is 21.6 Å². The van der Waals surface area contributed by atoms with Crippen LogP contribution in [0.4, 0.5) is 11.5 Å². The molecule has 0 aliphatic carbocycles. The first-order valence-corrected chi connectivity index (χ1v) is 7.19. The van der Waals surface area contributed by atoms with Gasteiger partial charge in [-0.25, -0.2) is 0 Å². The van der Waals surface area contributed by atoms with Gasteiger partial charge in [-0.05, 0) is 36.8 Å². The summed E-state index contributed by atoms with van der Waals surface area (Å²) in [5.74, 6) is 0.239. The number of halogens is 2. The lowest BCUT2D eigenvalue weighted by molar-refractivity contribution is 0.102. The van der Waals surface area contributed by atoms with E-state index in [4.69, 9.17) is 23.2 Å². The molecule has 2 rings (SSSR count). The Morgan fingerprint density at radius 2 is 2.00 bits per heavy atom. The van der Waals surface area contributed by atoms with Crippen LogP contribution in [-0.4, -0.2) is 22.6 Å². The topological polar surface area (TPSA) is 66.9 Å². The largest absolute Gasteiger partial charge is 0.369 e. The van der Waals surface area contributed by atoms with Gasteiger partial charge in [0.25, 0.3) is 5.91 Å². The van der Waals surface area contributed by atoms with Crippen molar-refractivity contribution < 1.29 is 4.79 Å². The summed E-state index contributed by atoms with van der Waals surface area (Å²) in [6.07, 6.45) is 0.983. The molecule has 2 N–H and O–H groups in total. The second kappa shape index (κ2) is 7.24. The molecule has 1 heterocycles. The molecule has 1 aromatic carbocycles. The lowest BCUT2D eigenvalue weighted by Crippen LogP contribution is -2.15. The minimum Gasteiger partial charge on any atom is -0.369 e. The quantitative estimate of drug-likeness (QED) is 0.876. The third-order valence-electron chi connectivity index (χ3n) is 2.63. The van der Waals surface area contributed by atoms with Crippen LogP contribution < -0.4 is 10.6 Å². The normalized spacial score (nSPS) is 10.2. The maximum absolute atomic E-state index is 12.1. The highest BCUT2D eigenvalue weighted by molar-refractivity contribution is 6.35. The third kappa shape index (κ3) is 4.31. The number of amides is 1. The summed E-state index contributed by atoms with van der Waals surface area (Å²) in [5.41, 5.74) is 0.636. The number of aromatic nitrogens is 2. The fourth-order valence-corrected chi connectivity index (χ4v) is 1.92. The molecule has 0 radical (unpaired) electrons. The summed E-state index contributed by atoms with van der Waals surface area (Å²) >= 11 is 11.9. The highest BCUT2D eigenvalue weighted by Crippen LogP contribution is 2.25. The summed E-state index contributed by atoms with van der Waals surface area (Å²) in [6, 6.07) is 8.14. The molecule has 0 atom stereocenters. The molecule has 0 aliphatic heterocycles. The van der Waals surface area contributed by atoms with Gasteiger partial charge in [-0.15, -0.1) is 10.2 Å². The third-order valence-corrected chi connectivity index (χ3v) is 3.19. The zero-order valence-electron chi connectivity index (χ0n) is 11.4. The van der Waals surface area contributed by atoms with Gasteiger partial charge in [0.1, 0.15) is 5.82 Å². The van der Waals surface area contributed by atoms with Gasteiger partial charge in [0.2, 0.25) is 0 Å². The van der Waals surface area contributed by atoms with Crippen molar-refractivity contribution in [1.82, 2.24) is 10.2 Å². The zero-order chi connectivity index (χ0) is 15.2. The van der Waals surface area contributed by atoms with E-state index in [1.807, 2.05) is 0 Å². The van der Waals surface area contributed by atoms with Gasteiger partial charge >= 0.3 is 0 Å². The Morgan fingerprint density at radius 1 is 1.19 bits per heavy atom. The summed E-state index contributed by atoms with van der Waals surface area (Å²) in [7, 11) is 0. The standard InChI is InChI=1S/C14H14Cl2N4O/c1-2-7-17-13-6-5-11(19-20-13)14(21)18-12-8-9(15)3-4-10(12)16/h3-6,8H,2,7H2,1H3,(H,17,20)(H,18,21). The number of hydrogen-bond donors (Lipinski definition) is 2. The Labute approximate surface area is 132 Å². The highest BCUT2D eigenvalue weighted by atomic mass is 35.5. The Bertz CT molecular complexity index is 631. The monoisotopic (exact) mass is 324 g/mol. The minimum absolute atomic E-state index is 0.202. The van der Waals surface area contributed by atoms with Crippen LogP contribution in [0.25, 0.3) is 0 Å². The Balaban J connectivity index is 2.07. The fraction of sp³-hybridized carbons (Fsp3) is 0.214. The number of benzene rings is 1. The van der Waals surface area contributed by atoms with Gasteiger partial charge in [-0.2, -0.15) is 0 Å². The van der Waals surface area contributed by atoms with E-state index in [1.54, 1.807) is 30.3 Å². The number of carbonyl (C=O) groups is 1. The van der Waals surface area contributed by atoms with Crippen molar-refractivity contribution in [1.29, 1.82) is 0 Å². The van der Waals surface area contributed by atoms with Crippen molar-refractivity contribution in [3.05, 3.63) is 46.1 Å². The molecular formula is C14H14Cl2N4O. The Morgan fingerprint density at radius 3 is 2.67 bits per heavy atom. The molecule has 110 valence electrons. The lowest BCUT2D eigenvalue weighted by atomic mass is 10.3. The van der Waals surface area contributed by atoms with Gasteiger partial charge in [0, 0.05) is 11.6 Å². The van der Waals surface area contributed by atoms with Crippen LogP contribution in [0.1, 0.15) is 23.8 Å². The second-order valence-electron chi connectivity index (χ2n) is 4.31. The predicted molar refractivity (Wildman–Crippen MR) is 85.2 cm³/mol. The number of carbonyl (C=O) groups excluding carboxylic acids is 1. The number of hydrogen-bond acceptors (Lipinski definition) is 4. The van der Waals surface area contributed by atoms with Crippen molar-refractivity contribution >= 4 is 40.6 Å². The summed E-state index contributed by atoms with van der Waals surface area (Å²) in [4.78, 5) is 12.1. The highest BCUT2D eigenvalue weighted by Gasteiger charge is 2.11. The van der Waals surface area contributed by atoms with E-state index >= 15 is 0 Å². The Hall–Kier alpha value is -1.85. The van der Waals surface area contributed by atoms with Crippen LogP contribution in [-0.2, 0) is 0 Å². The summed E-state index contributed by atoms with van der Waals surface area (Å²) in [5, 5.41) is 14.4. The van der Waals surface area contributed by atoms with Crippen molar-refractivity contribution in [2.45, 2.75) is 13.3 Å². The number of anilines is 2. The van der Waals surface area contributed by atoms with E-state index in [0.717, 1.165) is 13.0 Å². The predicted octanol–water partition coefficient (Wildman–Crippen LogP) is 3.86. The van der Waals surface area contributed by atoms with Crippen LogP contribution >= 0.6 is 23.2 Å². The van der Waals surface area contributed by atoms with E-state index in [2.05, 4.69) is 27.8 Å². The van der Waals surface area contributed by atoms with Crippen molar-refractivity contribution in [3.63, 3.8) is 0 Å². The molecule has 0 saturated carbocycles. The van der Waals surface area contributed by atoms with Crippen LogP contribution in [0.15, 0.2) is 30.3 Å². The van der Waals surface area contributed by atoms with Crippen molar-refractivity contribution in [3.8, 4) is 0 Å². The fourth-order valence-electron chi connectivity index (χ4n) is 1.58. The molecule has 0 unspecified atom stereocenters. The van der Waals surface area contributed by atoms with Crippen LogP contribution in [0.5, 0.6) is 0 Å². The average molecular weight is 325 g/mol. The van der Waals surface area contributed by atoms with Crippen LogP contribution in [0, 0.1) is 0 Å². The molecule has 0 bridgehead atoms. The van der Waals surface area contributed by atoms with Crippen LogP contribution in [0.2, 0.25) is 10.0 Å². The molecule has 2 aromatic rings. The molecule has 0 fully saturated rings. The van der Waals surface area contributed by atoms with E-state index in [-0.39, 0.29) is 5.69 Å². The zero-order valence-corrected chi connectivity index (χ0v) is 12.9. The maximum Gasteiger partial charge on any atom is 0.276 e. The SMILES string of the molecule is CCCNc1ccc(C(=O)Nc2cc(Cl)ccc2Cl)nn1. The number of rotatable bonds is 5. The smallest absolute Gasteiger partial charge is 0.276 e. The number of nitrogens with zero attached hydrogens (tertiary/aromatic N) is 2. The average Bonchev–Trinajstić information content (AvgIpc) is 2.49. The molecule has 0 saturated heterocycles. The first-order chi connectivity index (χ1) is 10.1. The van der Waals surface area contributed by atoms with Crippen LogP contribution in [0.3, 0.4) is 0 Å².